The normalized spacial score (nSPS) is 12.9. The van der Waals surface area contributed by atoms with Gasteiger partial charge in [0.2, 0.25) is 5.78 Å². The van der Waals surface area contributed by atoms with E-state index in [1.807, 2.05) is 18.2 Å². The minimum atomic E-state index is -0.763. The Bertz CT molecular complexity index is 1960. The fourth-order valence-electron chi connectivity index (χ4n) is 5.86. The van der Waals surface area contributed by atoms with Crippen molar-refractivity contribution in [2.75, 3.05) is 91.6 Å². The number of rotatable bonds is 27. The quantitative estimate of drug-likeness (QED) is 0.0286. The summed E-state index contributed by atoms with van der Waals surface area (Å²) in [4.78, 5) is 24.5. The van der Waals surface area contributed by atoms with Crippen LogP contribution in [0.1, 0.15) is 45.8 Å². The summed E-state index contributed by atoms with van der Waals surface area (Å²) in [5, 5.41) is 26.1. The predicted molar refractivity (Wildman–Crippen MR) is 213 cm³/mol. The zero-order valence-electron chi connectivity index (χ0n) is 32.2. The van der Waals surface area contributed by atoms with E-state index in [9.17, 15) is 19.1 Å². The zero-order chi connectivity index (χ0) is 40.4. The van der Waals surface area contributed by atoms with E-state index in [0.717, 1.165) is 41.1 Å². The Kier molecular flexibility index (Phi) is 17.1. The molecule has 1 amide bonds. The number of aliphatic hydroxyl groups excluding tert-OH is 2. The van der Waals surface area contributed by atoms with Crippen molar-refractivity contribution in [2.24, 2.45) is 0 Å². The topological polar surface area (TPSA) is 167 Å². The highest BCUT2D eigenvalue weighted by molar-refractivity contribution is 6.12. The molecule has 1 fully saturated rings. The molecule has 1 aliphatic rings. The molecule has 1 aromatic heterocycles. The molecule has 1 heterocycles. The fourth-order valence-corrected chi connectivity index (χ4v) is 5.86. The average Bonchev–Trinajstić information content (AvgIpc) is 4.00. The first-order chi connectivity index (χ1) is 27.7. The van der Waals surface area contributed by atoms with E-state index in [1.54, 1.807) is 37.4 Å². The summed E-state index contributed by atoms with van der Waals surface area (Å²) in [5.41, 5.74) is 4.96. The summed E-state index contributed by atoms with van der Waals surface area (Å²) in [5.74, 6) is -1.47. The molecule has 57 heavy (non-hydrogen) atoms. The monoisotopic (exact) mass is 790 g/mol. The van der Waals surface area contributed by atoms with Gasteiger partial charge in [0.05, 0.1) is 84.8 Å². The molecule has 0 radical (unpaired) electrons. The molecule has 4 N–H and O–H groups in total. The van der Waals surface area contributed by atoms with E-state index in [2.05, 4.69) is 17.2 Å². The maximum absolute atomic E-state index is 13.6. The summed E-state index contributed by atoms with van der Waals surface area (Å²) in [6.07, 6.45) is 3.08. The number of anilines is 1. The third-order valence-electron chi connectivity index (χ3n) is 8.90. The summed E-state index contributed by atoms with van der Waals surface area (Å²) in [6, 6.07) is 16.8. The Morgan fingerprint density at radius 3 is 2.00 bits per heavy atom. The lowest BCUT2D eigenvalue weighted by atomic mass is 10.0. The SMILES string of the molecule is C=C(O)C(=O)C=C(O)c1cccc(COCCOCCOCCOCCOCCOCCNc2cc3oc(-c4ccc(F)cc4)c(C(=O)NC)c3cc2C2CC2)c1. The Hall–Kier alpha value is -5.09. The largest absolute Gasteiger partial charge is 0.507 e. The predicted octanol–water partition coefficient (Wildman–Crippen LogP) is 6.73. The second kappa shape index (κ2) is 22.6. The van der Waals surface area contributed by atoms with Crippen LogP contribution in [-0.4, -0.2) is 108 Å². The van der Waals surface area contributed by atoms with Gasteiger partial charge in [-0.25, -0.2) is 4.39 Å². The number of nitrogens with one attached hydrogen (secondary N) is 2. The van der Waals surface area contributed by atoms with Gasteiger partial charge in [-0.3, -0.25) is 9.59 Å². The van der Waals surface area contributed by atoms with Crippen molar-refractivity contribution >= 4 is 34.1 Å². The average molecular weight is 791 g/mol. The molecular weight excluding hydrogens is 739 g/mol. The first-order valence-corrected chi connectivity index (χ1v) is 19.0. The van der Waals surface area contributed by atoms with Crippen LogP contribution in [0.15, 0.2) is 83.5 Å². The van der Waals surface area contributed by atoms with Gasteiger partial charge in [-0.15, -0.1) is 0 Å². The van der Waals surface area contributed by atoms with Gasteiger partial charge in [-0.2, -0.15) is 0 Å². The molecule has 3 aromatic carbocycles. The third kappa shape index (κ3) is 13.5. The van der Waals surface area contributed by atoms with Crippen LogP contribution in [0.25, 0.3) is 28.1 Å². The lowest BCUT2D eigenvalue weighted by Gasteiger charge is -2.13. The molecule has 1 saturated carbocycles. The van der Waals surface area contributed by atoms with Crippen LogP contribution in [-0.2, 0) is 39.8 Å². The number of fused-ring (bicyclic) bond motifs is 1. The highest BCUT2D eigenvalue weighted by Crippen LogP contribution is 2.46. The molecule has 13 nitrogen and oxygen atoms in total. The van der Waals surface area contributed by atoms with Crippen molar-refractivity contribution in [1.82, 2.24) is 5.32 Å². The summed E-state index contributed by atoms with van der Waals surface area (Å²) < 4.78 is 53.4. The van der Waals surface area contributed by atoms with E-state index in [1.165, 1.54) is 12.1 Å². The highest BCUT2D eigenvalue weighted by atomic mass is 19.1. The number of halogens is 1. The van der Waals surface area contributed by atoms with Gasteiger partial charge >= 0.3 is 0 Å². The van der Waals surface area contributed by atoms with Crippen molar-refractivity contribution in [3.8, 4) is 11.3 Å². The molecule has 0 atom stereocenters. The van der Waals surface area contributed by atoms with Crippen molar-refractivity contribution in [1.29, 1.82) is 0 Å². The van der Waals surface area contributed by atoms with E-state index in [0.29, 0.717) is 120 Å². The molecule has 1 aliphatic carbocycles. The van der Waals surface area contributed by atoms with Gasteiger partial charge in [-0.1, -0.05) is 24.8 Å². The number of benzene rings is 3. The Morgan fingerprint density at radius 2 is 1.42 bits per heavy atom. The first kappa shape index (κ1) is 43.0. The molecule has 0 bridgehead atoms. The number of aliphatic hydroxyl groups is 2. The van der Waals surface area contributed by atoms with Crippen molar-refractivity contribution in [3.05, 3.63) is 107 Å². The Morgan fingerprint density at radius 1 is 0.825 bits per heavy atom. The second-order valence-corrected chi connectivity index (χ2v) is 13.2. The van der Waals surface area contributed by atoms with Crippen LogP contribution in [0.2, 0.25) is 0 Å². The minimum absolute atomic E-state index is 0.259. The van der Waals surface area contributed by atoms with Gasteiger partial charge in [0.25, 0.3) is 5.91 Å². The van der Waals surface area contributed by atoms with Crippen LogP contribution >= 0.6 is 0 Å². The number of ketones is 1. The van der Waals surface area contributed by atoms with Gasteiger partial charge in [0.1, 0.15) is 22.9 Å². The lowest BCUT2D eigenvalue weighted by Crippen LogP contribution is -2.18. The van der Waals surface area contributed by atoms with Crippen molar-refractivity contribution in [3.63, 3.8) is 0 Å². The number of furan rings is 1. The van der Waals surface area contributed by atoms with Gasteiger partial charge in [0, 0.05) is 47.9 Å². The number of carbonyl (C=O) groups excluding carboxylic acids is 2. The highest BCUT2D eigenvalue weighted by Gasteiger charge is 2.29. The first-order valence-electron chi connectivity index (χ1n) is 19.0. The molecule has 306 valence electrons. The number of hydrogen-bond acceptors (Lipinski definition) is 12. The minimum Gasteiger partial charge on any atom is -0.507 e. The van der Waals surface area contributed by atoms with Crippen LogP contribution < -0.4 is 10.6 Å². The van der Waals surface area contributed by atoms with E-state index >= 15 is 0 Å². The molecule has 5 rings (SSSR count). The summed E-state index contributed by atoms with van der Waals surface area (Å²) >= 11 is 0. The van der Waals surface area contributed by atoms with Gasteiger partial charge in [-0.05, 0) is 66.3 Å². The number of hydrogen-bond donors (Lipinski definition) is 4. The second-order valence-electron chi connectivity index (χ2n) is 13.2. The number of allylic oxidation sites excluding steroid dienone is 1. The van der Waals surface area contributed by atoms with Crippen molar-refractivity contribution in [2.45, 2.75) is 25.4 Å². The number of carbonyl (C=O) groups is 2. The van der Waals surface area contributed by atoms with Crippen LogP contribution in [0.3, 0.4) is 0 Å². The molecule has 0 spiro atoms. The molecule has 14 heteroatoms. The zero-order valence-corrected chi connectivity index (χ0v) is 32.2. The summed E-state index contributed by atoms with van der Waals surface area (Å²) in [6.45, 7) is 8.76. The van der Waals surface area contributed by atoms with Crippen LogP contribution in [0.5, 0.6) is 0 Å². The molecule has 0 saturated heterocycles. The molecule has 0 aliphatic heterocycles. The summed E-state index contributed by atoms with van der Waals surface area (Å²) in [7, 11) is 1.58. The maximum Gasteiger partial charge on any atom is 0.255 e. The van der Waals surface area contributed by atoms with Gasteiger partial charge < -0.3 is 53.7 Å². The van der Waals surface area contributed by atoms with Crippen molar-refractivity contribution < 1.29 is 57.0 Å². The van der Waals surface area contributed by atoms with E-state index in [4.69, 9.17) is 37.9 Å². The fraction of sp³-hybridized carbons (Fsp3) is 0.395. The standard InChI is InChI=1S/C43H51FN2O11/c1-29(47)38(48)27-39(49)33-5-3-4-30(24-33)28-56-23-22-55-21-20-54-19-18-53-17-16-52-15-14-51-13-12-46-37-26-40-36(25-35(37)31-6-7-31)41(43(50)45-2)42(57-40)32-8-10-34(44)11-9-32/h3-5,8-11,24-27,31,46-47,49H,1,6-7,12-23,28H2,2H3,(H,45,50). The third-order valence-corrected chi connectivity index (χ3v) is 8.90. The van der Waals surface area contributed by atoms with Crippen LogP contribution in [0, 0.1) is 5.82 Å². The smallest absolute Gasteiger partial charge is 0.255 e. The van der Waals surface area contributed by atoms with Gasteiger partial charge in [0.15, 0.2) is 5.76 Å². The number of ether oxygens (including phenoxy) is 6. The van der Waals surface area contributed by atoms with E-state index < -0.39 is 11.5 Å². The molecule has 4 aromatic rings. The molecular formula is C43H51FN2O11. The molecule has 0 unspecified atom stereocenters. The maximum atomic E-state index is 13.6. The van der Waals surface area contributed by atoms with E-state index in [-0.39, 0.29) is 17.5 Å². The van der Waals surface area contributed by atoms with Crippen LogP contribution in [0.4, 0.5) is 10.1 Å². The lowest BCUT2D eigenvalue weighted by molar-refractivity contribution is -0.113. The Labute approximate surface area is 331 Å². The Balaban J connectivity index is 0.868. The number of amides is 1.